The molecule has 0 unspecified atom stereocenters. The van der Waals surface area contributed by atoms with Gasteiger partial charge >= 0.3 is 0 Å². The summed E-state index contributed by atoms with van der Waals surface area (Å²) >= 11 is 0. The van der Waals surface area contributed by atoms with Gasteiger partial charge in [0.05, 0.1) is 36.8 Å². The smallest absolute Gasteiger partial charge is 0.238 e. The molecule has 1 rings (SSSR count). The average molecular weight is 325 g/mol. The fraction of sp³-hybridized carbons (Fsp3) is 0.667. The van der Waals surface area contributed by atoms with Crippen molar-refractivity contribution in [2.24, 2.45) is 7.05 Å². The molecule has 0 fully saturated rings. The number of hydrogen-bond donors (Lipinski definition) is 1. The third-order valence-corrected chi connectivity index (χ3v) is 3.61. The van der Waals surface area contributed by atoms with Gasteiger partial charge < -0.3 is 15.0 Å². The fourth-order valence-electron chi connectivity index (χ4n) is 2.10. The van der Waals surface area contributed by atoms with Crippen LogP contribution in [0.2, 0.25) is 0 Å². The van der Waals surface area contributed by atoms with E-state index in [0.29, 0.717) is 13.2 Å². The van der Waals surface area contributed by atoms with E-state index in [1.807, 2.05) is 20.9 Å². The summed E-state index contributed by atoms with van der Waals surface area (Å²) in [7, 11) is 6.81. The summed E-state index contributed by atoms with van der Waals surface area (Å²) in [6.45, 7) is 5.01. The zero-order chi connectivity index (χ0) is 17.6. The van der Waals surface area contributed by atoms with Gasteiger partial charge in [-0.1, -0.05) is 0 Å². The van der Waals surface area contributed by atoms with E-state index in [-0.39, 0.29) is 24.9 Å². The van der Waals surface area contributed by atoms with Crippen LogP contribution in [0.5, 0.6) is 0 Å². The van der Waals surface area contributed by atoms with Crippen LogP contribution in [-0.2, 0) is 21.4 Å². The number of aromatic nitrogens is 2. The highest BCUT2D eigenvalue weighted by Crippen LogP contribution is 2.18. The number of carbonyl (C=O) groups is 2. The summed E-state index contributed by atoms with van der Waals surface area (Å²) in [6.07, 6.45) is 0. The topological polar surface area (TPSA) is 79.7 Å². The number of ether oxygens (including phenoxy) is 1. The monoisotopic (exact) mass is 325 g/mol. The molecule has 1 heterocycles. The highest BCUT2D eigenvalue weighted by Gasteiger charge is 2.18. The van der Waals surface area contributed by atoms with Crippen LogP contribution in [0, 0.1) is 13.8 Å². The molecule has 0 saturated carbocycles. The first-order chi connectivity index (χ1) is 10.8. The lowest BCUT2D eigenvalue weighted by Gasteiger charge is -2.22. The van der Waals surface area contributed by atoms with E-state index in [2.05, 4.69) is 10.4 Å². The largest absolute Gasteiger partial charge is 0.383 e. The van der Waals surface area contributed by atoms with E-state index < -0.39 is 0 Å². The second-order valence-electron chi connectivity index (χ2n) is 5.71. The van der Waals surface area contributed by atoms with Crippen LogP contribution in [0.1, 0.15) is 11.4 Å². The predicted molar refractivity (Wildman–Crippen MR) is 88.3 cm³/mol. The molecule has 1 aromatic heterocycles. The standard InChI is InChI=1S/C15H27N5O3/c1-11-15(12(2)19(5)17-11)16-13(21)9-20(7-8-23-6)10-14(22)18(3)4/h7-10H2,1-6H3,(H,16,21). The Bertz CT molecular complexity index is 554. The van der Waals surface area contributed by atoms with Crippen LogP contribution in [-0.4, -0.2) is 78.8 Å². The molecule has 8 nitrogen and oxygen atoms in total. The normalized spacial score (nSPS) is 10.9. The molecule has 0 aliphatic rings. The first kappa shape index (κ1) is 19.1. The van der Waals surface area contributed by atoms with Crippen molar-refractivity contribution >= 4 is 17.5 Å². The third kappa shape index (κ3) is 5.65. The van der Waals surface area contributed by atoms with Crippen molar-refractivity contribution in [2.75, 3.05) is 52.8 Å². The van der Waals surface area contributed by atoms with Gasteiger partial charge in [-0.15, -0.1) is 0 Å². The second kappa shape index (κ2) is 8.64. The molecule has 2 amide bonds. The Kier molecular flexibility index (Phi) is 7.18. The maximum atomic E-state index is 12.3. The zero-order valence-corrected chi connectivity index (χ0v) is 14.8. The third-order valence-electron chi connectivity index (χ3n) is 3.61. The number of amides is 2. The molecule has 23 heavy (non-hydrogen) atoms. The highest BCUT2D eigenvalue weighted by atomic mass is 16.5. The van der Waals surface area contributed by atoms with Gasteiger partial charge in [0.1, 0.15) is 0 Å². The van der Waals surface area contributed by atoms with Crippen molar-refractivity contribution in [2.45, 2.75) is 13.8 Å². The van der Waals surface area contributed by atoms with Crippen molar-refractivity contribution in [1.82, 2.24) is 19.6 Å². The lowest BCUT2D eigenvalue weighted by molar-refractivity contribution is -0.130. The van der Waals surface area contributed by atoms with Crippen molar-refractivity contribution in [3.63, 3.8) is 0 Å². The Balaban J connectivity index is 2.70. The maximum Gasteiger partial charge on any atom is 0.238 e. The summed E-state index contributed by atoms with van der Waals surface area (Å²) in [6, 6.07) is 0. The number of carbonyl (C=O) groups excluding carboxylic acids is 2. The Morgan fingerprint density at radius 1 is 1.26 bits per heavy atom. The van der Waals surface area contributed by atoms with Gasteiger partial charge in [0.15, 0.2) is 0 Å². The quantitative estimate of drug-likeness (QED) is 0.728. The minimum Gasteiger partial charge on any atom is -0.383 e. The van der Waals surface area contributed by atoms with Gasteiger partial charge in [0, 0.05) is 34.8 Å². The lowest BCUT2D eigenvalue weighted by atomic mass is 10.3. The van der Waals surface area contributed by atoms with Crippen LogP contribution in [0.25, 0.3) is 0 Å². The first-order valence-corrected chi connectivity index (χ1v) is 7.47. The highest BCUT2D eigenvalue weighted by molar-refractivity contribution is 5.93. The van der Waals surface area contributed by atoms with E-state index in [4.69, 9.17) is 4.74 Å². The van der Waals surface area contributed by atoms with Crippen LogP contribution in [0.15, 0.2) is 0 Å². The average Bonchev–Trinajstić information content (AvgIpc) is 2.71. The molecule has 0 aromatic carbocycles. The number of likely N-dealkylation sites (N-methyl/N-ethyl adjacent to an activating group) is 1. The number of nitrogens with zero attached hydrogens (tertiary/aromatic N) is 4. The molecular formula is C15H27N5O3. The lowest BCUT2D eigenvalue weighted by Crippen LogP contribution is -2.42. The number of methoxy groups -OCH3 is 1. The molecule has 0 radical (unpaired) electrons. The van der Waals surface area contributed by atoms with E-state index in [9.17, 15) is 9.59 Å². The van der Waals surface area contributed by atoms with Crippen molar-refractivity contribution in [3.8, 4) is 0 Å². The fourth-order valence-corrected chi connectivity index (χ4v) is 2.10. The van der Waals surface area contributed by atoms with E-state index in [1.165, 1.54) is 4.90 Å². The van der Waals surface area contributed by atoms with Crippen LogP contribution >= 0.6 is 0 Å². The van der Waals surface area contributed by atoms with Crippen molar-refractivity contribution in [1.29, 1.82) is 0 Å². The zero-order valence-electron chi connectivity index (χ0n) is 14.8. The Morgan fingerprint density at radius 2 is 1.91 bits per heavy atom. The van der Waals surface area contributed by atoms with E-state index >= 15 is 0 Å². The van der Waals surface area contributed by atoms with E-state index in [0.717, 1.165) is 17.1 Å². The molecule has 130 valence electrons. The molecule has 0 aliphatic heterocycles. The number of nitrogens with one attached hydrogen (secondary N) is 1. The molecule has 0 atom stereocenters. The minimum atomic E-state index is -0.174. The van der Waals surface area contributed by atoms with Gasteiger partial charge in [-0.05, 0) is 13.8 Å². The predicted octanol–water partition coefficient (Wildman–Crippen LogP) is 0.0120. The molecule has 0 saturated heterocycles. The molecule has 1 aromatic rings. The Hall–Kier alpha value is -1.93. The number of rotatable bonds is 8. The van der Waals surface area contributed by atoms with Crippen LogP contribution in [0.4, 0.5) is 5.69 Å². The summed E-state index contributed by atoms with van der Waals surface area (Å²) in [5.74, 6) is -0.227. The summed E-state index contributed by atoms with van der Waals surface area (Å²) in [4.78, 5) is 27.4. The van der Waals surface area contributed by atoms with Gasteiger partial charge in [0.25, 0.3) is 0 Å². The van der Waals surface area contributed by atoms with Gasteiger partial charge in [-0.2, -0.15) is 5.10 Å². The van der Waals surface area contributed by atoms with E-state index in [1.54, 1.807) is 30.8 Å². The summed E-state index contributed by atoms with van der Waals surface area (Å²) in [5, 5.41) is 7.15. The van der Waals surface area contributed by atoms with Gasteiger partial charge in [-0.3, -0.25) is 19.2 Å². The summed E-state index contributed by atoms with van der Waals surface area (Å²) < 4.78 is 6.77. The van der Waals surface area contributed by atoms with Gasteiger partial charge in [0.2, 0.25) is 11.8 Å². The molecule has 0 spiro atoms. The number of aryl methyl sites for hydroxylation is 2. The second-order valence-corrected chi connectivity index (χ2v) is 5.71. The van der Waals surface area contributed by atoms with Crippen molar-refractivity contribution in [3.05, 3.63) is 11.4 Å². The van der Waals surface area contributed by atoms with Crippen molar-refractivity contribution < 1.29 is 14.3 Å². The van der Waals surface area contributed by atoms with Crippen LogP contribution in [0.3, 0.4) is 0 Å². The first-order valence-electron chi connectivity index (χ1n) is 7.47. The Labute approximate surface area is 137 Å². The molecule has 8 heteroatoms. The Morgan fingerprint density at radius 3 is 2.39 bits per heavy atom. The van der Waals surface area contributed by atoms with Gasteiger partial charge in [-0.25, -0.2) is 0 Å². The maximum absolute atomic E-state index is 12.3. The minimum absolute atomic E-state index is 0.0531. The molecule has 1 N–H and O–H groups in total. The molecule has 0 aliphatic carbocycles. The number of anilines is 1. The SMILES string of the molecule is COCCN(CC(=O)Nc1c(C)nn(C)c1C)CC(=O)N(C)C. The number of hydrogen-bond acceptors (Lipinski definition) is 5. The summed E-state index contributed by atoms with van der Waals surface area (Å²) in [5.41, 5.74) is 2.39. The van der Waals surface area contributed by atoms with Crippen LogP contribution < -0.4 is 5.32 Å². The molecule has 0 bridgehead atoms. The molecular weight excluding hydrogens is 298 g/mol.